The molecule has 0 unspecified atom stereocenters. The number of carbonyl (C=O) groups is 1. The summed E-state index contributed by atoms with van der Waals surface area (Å²) >= 11 is 0. The van der Waals surface area contributed by atoms with E-state index in [0.29, 0.717) is 0 Å². The third-order valence-electron chi connectivity index (χ3n) is 2.31. The molecular formula is C10H21N3O. The lowest BCUT2D eigenvalue weighted by Gasteiger charge is -2.33. The molecule has 0 aliphatic carbocycles. The molecule has 3 N–H and O–H groups in total. The number of amides is 2. The van der Waals surface area contributed by atoms with E-state index in [1.807, 2.05) is 25.7 Å². The van der Waals surface area contributed by atoms with Gasteiger partial charge in [-0.3, -0.25) is 0 Å². The molecular weight excluding hydrogens is 178 g/mol. The maximum Gasteiger partial charge on any atom is 0.317 e. The standard InChI is InChI=1S/C10H21N3O/c1-10(2,3)12-9(14)13-6-4-8(11)5-7-13/h8H,4-7,11H2,1-3H3,(H,12,14). The smallest absolute Gasteiger partial charge is 0.317 e. The molecule has 1 aliphatic rings. The van der Waals surface area contributed by atoms with Gasteiger partial charge in [-0.2, -0.15) is 0 Å². The molecule has 4 nitrogen and oxygen atoms in total. The molecule has 1 aliphatic heterocycles. The number of piperidine rings is 1. The second kappa shape index (κ2) is 4.17. The van der Waals surface area contributed by atoms with Crippen molar-refractivity contribution in [3.8, 4) is 0 Å². The molecule has 82 valence electrons. The van der Waals surface area contributed by atoms with Crippen LogP contribution in [0.1, 0.15) is 33.6 Å². The molecule has 0 aromatic rings. The van der Waals surface area contributed by atoms with Crippen molar-refractivity contribution in [2.45, 2.75) is 45.2 Å². The Balaban J connectivity index is 2.38. The summed E-state index contributed by atoms with van der Waals surface area (Å²) in [5.74, 6) is 0. The molecule has 0 spiro atoms. The Morgan fingerprint density at radius 1 is 1.36 bits per heavy atom. The monoisotopic (exact) mass is 199 g/mol. The lowest BCUT2D eigenvalue weighted by molar-refractivity contribution is 0.173. The Hall–Kier alpha value is -0.770. The summed E-state index contributed by atoms with van der Waals surface area (Å²) in [6, 6.07) is 0.304. The molecule has 0 aromatic heterocycles. The Morgan fingerprint density at radius 2 is 1.86 bits per heavy atom. The van der Waals surface area contributed by atoms with Crippen LogP contribution in [-0.2, 0) is 0 Å². The van der Waals surface area contributed by atoms with E-state index in [1.165, 1.54) is 0 Å². The number of rotatable bonds is 0. The van der Waals surface area contributed by atoms with Crippen molar-refractivity contribution in [1.29, 1.82) is 0 Å². The zero-order chi connectivity index (χ0) is 10.8. The second-order valence-corrected chi connectivity index (χ2v) is 5.00. The van der Waals surface area contributed by atoms with E-state index < -0.39 is 0 Å². The molecule has 14 heavy (non-hydrogen) atoms. The number of nitrogens with zero attached hydrogens (tertiary/aromatic N) is 1. The van der Waals surface area contributed by atoms with Crippen LogP contribution in [0.3, 0.4) is 0 Å². The fourth-order valence-corrected chi connectivity index (χ4v) is 1.50. The fraction of sp³-hybridized carbons (Fsp3) is 0.900. The van der Waals surface area contributed by atoms with Crippen molar-refractivity contribution in [3.05, 3.63) is 0 Å². The molecule has 1 saturated heterocycles. The number of nitrogens with one attached hydrogen (secondary N) is 1. The van der Waals surface area contributed by atoms with E-state index in [4.69, 9.17) is 5.73 Å². The van der Waals surface area contributed by atoms with Gasteiger partial charge >= 0.3 is 6.03 Å². The largest absolute Gasteiger partial charge is 0.333 e. The second-order valence-electron chi connectivity index (χ2n) is 5.00. The number of nitrogens with two attached hydrogens (primary N) is 1. The van der Waals surface area contributed by atoms with E-state index in [9.17, 15) is 4.79 Å². The molecule has 0 saturated carbocycles. The first-order valence-electron chi connectivity index (χ1n) is 5.21. The van der Waals surface area contributed by atoms with Crippen molar-refractivity contribution < 1.29 is 4.79 Å². The van der Waals surface area contributed by atoms with Gasteiger partial charge in [0.15, 0.2) is 0 Å². The van der Waals surface area contributed by atoms with E-state index >= 15 is 0 Å². The van der Waals surface area contributed by atoms with Gasteiger partial charge in [0.25, 0.3) is 0 Å². The molecule has 0 atom stereocenters. The third-order valence-corrected chi connectivity index (χ3v) is 2.31. The van der Waals surface area contributed by atoms with Crippen molar-refractivity contribution >= 4 is 6.03 Å². The molecule has 1 heterocycles. The Labute approximate surface area is 85.8 Å². The van der Waals surface area contributed by atoms with Gasteiger partial charge in [0.2, 0.25) is 0 Å². The van der Waals surface area contributed by atoms with Crippen LogP contribution in [0.5, 0.6) is 0 Å². The number of carbonyl (C=O) groups excluding carboxylic acids is 1. The van der Waals surface area contributed by atoms with Crippen molar-refractivity contribution in [3.63, 3.8) is 0 Å². The molecule has 0 aromatic carbocycles. The van der Waals surface area contributed by atoms with Gasteiger partial charge < -0.3 is 16.0 Å². The number of hydrogen-bond acceptors (Lipinski definition) is 2. The highest BCUT2D eigenvalue weighted by molar-refractivity contribution is 5.75. The minimum Gasteiger partial charge on any atom is -0.333 e. The number of hydrogen-bond donors (Lipinski definition) is 2. The van der Waals surface area contributed by atoms with E-state index in [2.05, 4.69) is 5.32 Å². The van der Waals surface area contributed by atoms with Crippen LogP contribution in [0.25, 0.3) is 0 Å². The first-order chi connectivity index (χ1) is 6.38. The molecule has 2 amide bonds. The van der Waals surface area contributed by atoms with Crippen LogP contribution in [0, 0.1) is 0 Å². The Morgan fingerprint density at radius 3 is 2.29 bits per heavy atom. The van der Waals surface area contributed by atoms with Gasteiger partial charge in [-0.1, -0.05) is 0 Å². The number of urea groups is 1. The summed E-state index contributed by atoms with van der Waals surface area (Å²) in [5.41, 5.74) is 5.61. The highest BCUT2D eigenvalue weighted by Gasteiger charge is 2.23. The summed E-state index contributed by atoms with van der Waals surface area (Å²) in [4.78, 5) is 13.5. The van der Waals surface area contributed by atoms with Crippen molar-refractivity contribution in [2.24, 2.45) is 5.73 Å². The van der Waals surface area contributed by atoms with Crippen LogP contribution in [-0.4, -0.2) is 35.6 Å². The maximum absolute atomic E-state index is 11.7. The van der Waals surface area contributed by atoms with Gasteiger partial charge in [0.1, 0.15) is 0 Å². The average molecular weight is 199 g/mol. The van der Waals surface area contributed by atoms with Gasteiger partial charge in [-0.25, -0.2) is 4.79 Å². The molecule has 0 bridgehead atoms. The first kappa shape index (κ1) is 11.3. The highest BCUT2D eigenvalue weighted by Crippen LogP contribution is 2.09. The average Bonchev–Trinajstić information content (AvgIpc) is 2.02. The first-order valence-corrected chi connectivity index (χ1v) is 5.21. The van der Waals surface area contributed by atoms with Gasteiger partial charge in [0.05, 0.1) is 0 Å². The zero-order valence-corrected chi connectivity index (χ0v) is 9.34. The normalized spacial score (nSPS) is 19.6. The third kappa shape index (κ3) is 3.54. The molecule has 1 rings (SSSR count). The molecule has 4 heteroatoms. The summed E-state index contributed by atoms with van der Waals surface area (Å²) in [7, 11) is 0. The highest BCUT2D eigenvalue weighted by atomic mass is 16.2. The minimum absolute atomic E-state index is 0.0319. The Bertz CT molecular complexity index is 202. The van der Waals surface area contributed by atoms with Crippen LogP contribution in [0.2, 0.25) is 0 Å². The quantitative estimate of drug-likeness (QED) is 0.609. The van der Waals surface area contributed by atoms with Crippen LogP contribution >= 0.6 is 0 Å². The van der Waals surface area contributed by atoms with Crippen LogP contribution < -0.4 is 11.1 Å². The van der Waals surface area contributed by atoms with Gasteiger partial charge in [0, 0.05) is 24.7 Å². The van der Waals surface area contributed by atoms with Gasteiger partial charge in [-0.15, -0.1) is 0 Å². The molecule has 1 fully saturated rings. The molecule has 0 radical (unpaired) electrons. The SMILES string of the molecule is CC(C)(C)NC(=O)N1CCC(N)CC1. The van der Waals surface area contributed by atoms with Crippen molar-refractivity contribution in [1.82, 2.24) is 10.2 Å². The summed E-state index contributed by atoms with van der Waals surface area (Å²) in [6.45, 7) is 7.52. The van der Waals surface area contributed by atoms with E-state index in [-0.39, 0.29) is 17.6 Å². The number of likely N-dealkylation sites (tertiary alicyclic amines) is 1. The van der Waals surface area contributed by atoms with Gasteiger partial charge in [-0.05, 0) is 33.6 Å². The van der Waals surface area contributed by atoms with Crippen LogP contribution in [0.15, 0.2) is 0 Å². The Kier molecular flexibility index (Phi) is 3.37. The van der Waals surface area contributed by atoms with E-state index in [1.54, 1.807) is 0 Å². The summed E-state index contributed by atoms with van der Waals surface area (Å²) in [5, 5.41) is 2.95. The topological polar surface area (TPSA) is 58.4 Å². The minimum atomic E-state index is -0.156. The summed E-state index contributed by atoms with van der Waals surface area (Å²) < 4.78 is 0. The lowest BCUT2D eigenvalue weighted by Crippen LogP contribution is -2.52. The summed E-state index contributed by atoms with van der Waals surface area (Å²) in [6.07, 6.45) is 1.83. The zero-order valence-electron chi connectivity index (χ0n) is 9.34. The van der Waals surface area contributed by atoms with Crippen molar-refractivity contribution in [2.75, 3.05) is 13.1 Å². The predicted octanol–water partition coefficient (Wildman–Crippen LogP) is 0.918. The lowest BCUT2D eigenvalue weighted by atomic mass is 10.1. The predicted molar refractivity (Wildman–Crippen MR) is 57.1 cm³/mol. The van der Waals surface area contributed by atoms with Crippen LogP contribution in [0.4, 0.5) is 4.79 Å². The maximum atomic E-state index is 11.7. The fourth-order valence-electron chi connectivity index (χ4n) is 1.50. The van der Waals surface area contributed by atoms with E-state index in [0.717, 1.165) is 25.9 Å².